The van der Waals surface area contributed by atoms with E-state index in [1.165, 1.54) is 11.1 Å². The number of nitrogens with one attached hydrogen (secondary N) is 1. The van der Waals surface area contributed by atoms with Crippen LogP contribution in [0.5, 0.6) is 0 Å². The van der Waals surface area contributed by atoms with Gasteiger partial charge >= 0.3 is 0 Å². The van der Waals surface area contributed by atoms with Crippen molar-refractivity contribution in [1.29, 1.82) is 0 Å². The summed E-state index contributed by atoms with van der Waals surface area (Å²) < 4.78 is 0. The van der Waals surface area contributed by atoms with Crippen LogP contribution in [0, 0.1) is 12.3 Å². The predicted molar refractivity (Wildman–Crippen MR) is 70.3 cm³/mol. The quantitative estimate of drug-likeness (QED) is 0.718. The topological polar surface area (TPSA) is 12.0 Å². The van der Waals surface area contributed by atoms with Crippen LogP contribution in [0.4, 0.5) is 0 Å². The standard InChI is InChI=1S/C15H21N/c1-4-9-15(16-12-5-2)14-11-8-7-10-13(14)6-3/h1,7-8,10-11,15-16H,5-6,9,12H2,2-3H3. The van der Waals surface area contributed by atoms with Crippen LogP contribution in [-0.2, 0) is 6.42 Å². The van der Waals surface area contributed by atoms with Gasteiger partial charge in [0.15, 0.2) is 0 Å². The van der Waals surface area contributed by atoms with Gasteiger partial charge in [-0.3, -0.25) is 0 Å². The molecule has 86 valence electrons. The van der Waals surface area contributed by atoms with Gasteiger partial charge in [-0.25, -0.2) is 0 Å². The van der Waals surface area contributed by atoms with Crippen molar-refractivity contribution in [3.8, 4) is 12.3 Å². The second kappa shape index (κ2) is 7.09. The minimum absolute atomic E-state index is 0.307. The molecule has 0 bridgehead atoms. The van der Waals surface area contributed by atoms with E-state index < -0.39 is 0 Å². The molecule has 0 aliphatic carbocycles. The normalized spacial score (nSPS) is 12.1. The number of hydrogen-bond donors (Lipinski definition) is 1. The van der Waals surface area contributed by atoms with E-state index in [1.54, 1.807) is 0 Å². The number of aryl methyl sites for hydroxylation is 1. The molecule has 0 amide bonds. The summed E-state index contributed by atoms with van der Waals surface area (Å²) in [6.07, 6.45) is 8.40. The molecule has 0 saturated carbocycles. The highest BCUT2D eigenvalue weighted by molar-refractivity contribution is 5.30. The summed E-state index contributed by atoms with van der Waals surface area (Å²) in [7, 11) is 0. The van der Waals surface area contributed by atoms with E-state index in [9.17, 15) is 0 Å². The number of rotatable bonds is 6. The molecule has 16 heavy (non-hydrogen) atoms. The summed E-state index contributed by atoms with van der Waals surface area (Å²) in [4.78, 5) is 0. The molecule has 0 radical (unpaired) electrons. The van der Waals surface area contributed by atoms with Gasteiger partial charge in [0.25, 0.3) is 0 Å². The Balaban J connectivity index is 2.87. The van der Waals surface area contributed by atoms with E-state index in [0.717, 1.165) is 25.8 Å². The van der Waals surface area contributed by atoms with Crippen molar-refractivity contribution < 1.29 is 0 Å². The highest BCUT2D eigenvalue weighted by Crippen LogP contribution is 2.21. The summed E-state index contributed by atoms with van der Waals surface area (Å²) in [5.41, 5.74) is 2.75. The van der Waals surface area contributed by atoms with Crippen LogP contribution in [-0.4, -0.2) is 6.54 Å². The molecule has 1 heteroatoms. The zero-order valence-corrected chi connectivity index (χ0v) is 10.3. The maximum atomic E-state index is 5.44. The maximum absolute atomic E-state index is 5.44. The molecule has 0 fully saturated rings. The van der Waals surface area contributed by atoms with Crippen molar-refractivity contribution in [2.75, 3.05) is 6.54 Å². The maximum Gasteiger partial charge on any atom is 0.0433 e. The summed E-state index contributed by atoms with van der Waals surface area (Å²) in [5.74, 6) is 2.76. The Labute approximate surface area is 99.3 Å². The summed E-state index contributed by atoms with van der Waals surface area (Å²) >= 11 is 0. The second-order valence-electron chi connectivity index (χ2n) is 3.97. The molecule has 0 aliphatic heterocycles. The monoisotopic (exact) mass is 215 g/mol. The van der Waals surface area contributed by atoms with E-state index in [4.69, 9.17) is 6.42 Å². The Hall–Kier alpha value is -1.26. The summed E-state index contributed by atoms with van der Waals surface area (Å²) in [6, 6.07) is 8.86. The zero-order valence-electron chi connectivity index (χ0n) is 10.3. The van der Waals surface area contributed by atoms with Gasteiger partial charge in [-0.15, -0.1) is 12.3 Å². The molecule has 1 atom stereocenters. The fraction of sp³-hybridized carbons (Fsp3) is 0.467. The third-order valence-electron chi connectivity index (χ3n) is 2.77. The molecular formula is C15H21N. The zero-order chi connectivity index (χ0) is 11.8. The number of hydrogen-bond acceptors (Lipinski definition) is 1. The van der Waals surface area contributed by atoms with E-state index in [1.807, 2.05) is 0 Å². The lowest BCUT2D eigenvalue weighted by Crippen LogP contribution is -2.22. The first-order valence-corrected chi connectivity index (χ1v) is 6.08. The molecule has 1 aromatic rings. The van der Waals surface area contributed by atoms with E-state index in [2.05, 4.69) is 49.4 Å². The molecule has 0 spiro atoms. The Morgan fingerprint density at radius 1 is 1.31 bits per heavy atom. The van der Waals surface area contributed by atoms with Gasteiger partial charge < -0.3 is 5.32 Å². The Kier molecular flexibility index (Phi) is 5.67. The minimum Gasteiger partial charge on any atom is -0.309 e. The lowest BCUT2D eigenvalue weighted by molar-refractivity contribution is 0.539. The molecule has 1 nitrogen and oxygen atoms in total. The molecule has 1 unspecified atom stereocenters. The van der Waals surface area contributed by atoms with Gasteiger partial charge in [-0.2, -0.15) is 0 Å². The first-order chi connectivity index (χ1) is 7.83. The summed E-state index contributed by atoms with van der Waals surface area (Å²) in [6.45, 7) is 5.38. The van der Waals surface area contributed by atoms with Gasteiger partial charge in [0.2, 0.25) is 0 Å². The lowest BCUT2D eigenvalue weighted by Gasteiger charge is -2.19. The molecule has 1 rings (SSSR count). The van der Waals surface area contributed by atoms with E-state index >= 15 is 0 Å². The molecule has 0 heterocycles. The Morgan fingerprint density at radius 2 is 2.06 bits per heavy atom. The highest BCUT2D eigenvalue weighted by atomic mass is 14.9. The largest absolute Gasteiger partial charge is 0.309 e. The average molecular weight is 215 g/mol. The van der Waals surface area contributed by atoms with Crippen molar-refractivity contribution in [3.05, 3.63) is 35.4 Å². The third-order valence-corrected chi connectivity index (χ3v) is 2.77. The van der Waals surface area contributed by atoms with E-state index in [-0.39, 0.29) is 0 Å². The number of benzene rings is 1. The van der Waals surface area contributed by atoms with Crippen molar-refractivity contribution in [2.24, 2.45) is 0 Å². The molecular weight excluding hydrogens is 194 g/mol. The van der Waals surface area contributed by atoms with Crippen molar-refractivity contribution >= 4 is 0 Å². The van der Waals surface area contributed by atoms with Crippen molar-refractivity contribution in [3.63, 3.8) is 0 Å². The van der Waals surface area contributed by atoms with Crippen LogP contribution in [0.15, 0.2) is 24.3 Å². The van der Waals surface area contributed by atoms with Gasteiger partial charge in [0.1, 0.15) is 0 Å². The van der Waals surface area contributed by atoms with Crippen LogP contribution >= 0.6 is 0 Å². The fourth-order valence-corrected chi connectivity index (χ4v) is 1.92. The van der Waals surface area contributed by atoms with Crippen LogP contribution < -0.4 is 5.32 Å². The van der Waals surface area contributed by atoms with Crippen LogP contribution in [0.25, 0.3) is 0 Å². The minimum atomic E-state index is 0.307. The predicted octanol–water partition coefficient (Wildman–Crippen LogP) is 3.31. The van der Waals surface area contributed by atoms with E-state index in [0.29, 0.717) is 6.04 Å². The molecule has 0 aliphatic rings. The van der Waals surface area contributed by atoms with Crippen LogP contribution in [0.2, 0.25) is 0 Å². The van der Waals surface area contributed by atoms with Gasteiger partial charge in [-0.05, 0) is 30.5 Å². The van der Waals surface area contributed by atoms with Gasteiger partial charge in [0, 0.05) is 12.5 Å². The highest BCUT2D eigenvalue weighted by Gasteiger charge is 2.11. The first kappa shape index (κ1) is 12.8. The average Bonchev–Trinajstić information content (AvgIpc) is 2.34. The van der Waals surface area contributed by atoms with Gasteiger partial charge in [0.05, 0.1) is 0 Å². The molecule has 0 saturated heterocycles. The molecule has 1 aromatic carbocycles. The summed E-state index contributed by atoms with van der Waals surface area (Å²) in [5, 5.41) is 3.52. The van der Waals surface area contributed by atoms with Crippen LogP contribution in [0.3, 0.4) is 0 Å². The van der Waals surface area contributed by atoms with Crippen molar-refractivity contribution in [1.82, 2.24) is 5.32 Å². The first-order valence-electron chi connectivity index (χ1n) is 6.08. The Morgan fingerprint density at radius 3 is 2.69 bits per heavy atom. The third kappa shape index (κ3) is 3.40. The SMILES string of the molecule is C#CCC(NCCC)c1ccccc1CC. The fourth-order valence-electron chi connectivity index (χ4n) is 1.92. The number of terminal acetylenes is 1. The molecule has 0 aromatic heterocycles. The van der Waals surface area contributed by atoms with Gasteiger partial charge in [-0.1, -0.05) is 38.1 Å². The lowest BCUT2D eigenvalue weighted by atomic mass is 9.96. The van der Waals surface area contributed by atoms with Crippen LogP contribution in [0.1, 0.15) is 43.9 Å². The Bertz CT molecular complexity index is 349. The van der Waals surface area contributed by atoms with Crippen molar-refractivity contribution in [2.45, 2.75) is 39.2 Å². The molecule has 1 N–H and O–H groups in total. The smallest absolute Gasteiger partial charge is 0.0433 e. The second-order valence-corrected chi connectivity index (χ2v) is 3.97.